The van der Waals surface area contributed by atoms with E-state index in [4.69, 9.17) is 29.2 Å². The molecule has 0 amide bonds. The monoisotopic (exact) mass is 594 g/mol. The maximum absolute atomic E-state index is 11.8. The average Bonchev–Trinajstić information content (AvgIpc) is 3.04. The molecule has 0 radical (unpaired) electrons. The zero-order valence-electron chi connectivity index (χ0n) is 25.4. The van der Waals surface area contributed by atoms with Gasteiger partial charge in [-0.2, -0.15) is 0 Å². The Hall–Kier alpha value is -3.62. The van der Waals surface area contributed by atoms with E-state index in [-0.39, 0.29) is 37.6 Å². The van der Waals surface area contributed by atoms with Crippen molar-refractivity contribution in [1.29, 1.82) is 0 Å². The van der Waals surface area contributed by atoms with E-state index < -0.39 is 25.2 Å². The average molecular weight is 595 g/mol. The minimum absolute atomic E-state index is 0.0343. The topological polar surface area (TPSA) is 112 Å². The van der Waals surface area contributed by atoms with Crippen LogP contribution in [0.1, 0.15) is 69.8 Å². The first-order valence-corrected chi connectivity index (χ1v) is 15.3. The minimum atomic E-state index is -0.687. The van der Waals surface area contributed by atoms with Crippen LogP contribution in [0.25, 0.3) is 11.1 Å². The van der Waals surface area contributed by atoms with E-state index in [9.17, 15) is 9.59 Å². The first-order chi connectivity index (χ1) is 20.9. The molecule has 1 saturated carbocycles. The quantitative estimate of drug-likeness (QED) is 0.120. The molecule has 0 unspecified atom stereocenters. The number of carbonyl (C=O) groups is 2. The number of aliphatic hydroxyl groups excluding tert-OH is 2. The van der Waals surface area contributed by atoms with Gasteiger partial charge in [0.25, 0.3) is 0 Å². The standard InChI is InChI=1S/C35H46O8/c1-4-5-6-7-27-8-10-28(11-9-27)29-12-14-30(15-13-29)31-16-17-32(40-18-20-42-34(38)25(2)23-36)33(22-31)41-19-21-43-35(39)26(3)24-37/h12-17,22,27-28,36-37H,2-11,18-21,23-24H2,1H3. The molecule has 0 bridgehead atoms. The molecular weight excluding hydrogens is 548 g/mol. The number of ether oxygens (including phenoxy) is 4. The van der Waals surface area contributed by atoms with Crippen LogP contribution < -0.4 is 9.47 Å². The summed E-state index contributed by atoms with van der Waals surface area (Å²) in [7, 11) is 0. The van der Waals surface area contributed by atoms with Crippen molar-refractivity contribution in [3.63, 3.8) is 0 Å². The van der Waals surface area contributed by atoms with Gasteiger partial charge in [0.05, 0.1) is 24.4 Å². The normalized spacial score (nSPS) is 16.3. The molecule has 234 valence electrons. The number of unbranched alkanes of at least 4 members (excludes halogenated alkanes) is 2. The highest BCUT2D eigenvalue weighted by Gasteiger charge is 2.22. The van der Waals surface area contributed by atoms with Crippen molar-refractivity contribution in [3.05, 3.63) is 72.3 Å². The lowest BCUT2D eigenvalue weighted by molar-refractivity contribution is -0.141. The molecule has 1 fully saturated rings. The summed E-state index contributed by atoms with van der Waals surface area (Å²) in [5.74, 6) is 0.982. The number of esters is 2. The van der Waals surface area contributed by atoms with Crippen LogP contribution in [0.15, 0.2) is 66.8 Å². The third-order valence-corrected chi connectivity index (χ3v) is 7.83. The maximum Gasteiger partial charge on any atom is 0.335 e. The van der Waals surface area contributed by atoms with E-state index in [0.717, 1.165) is 17.0 Å². The number of aliphatic hydroxyl groups is 2. The highest BCUT2D eigenvalue weighted by Crippen LogP contribution is 2.39. The van der Waals surface area contributed by atoms with Crippen molar-refractivity contribution in [2.45, 2.75) is 64.2 Å². The molecule has 43 heavy (non-hydrogen) atoms. The number of hydrogen-bond acceptors (Lipinski definition) is 8. The zero-order valence-corrected chi connectivity index (χ0v) is 25.4. The van der Waals surface area contributed by atoms with Crippen LogP contribution in [0.3, 0.4) is 0 Å². The fraction of sp³-hybridized carbons (Fsp3) is 0.486. The second kappa shape index (κ2) is 18.1. The molecule has 3 rings (SSSR count). The molecule has 0 aliphatic heterocycles. The molecule has 0 aromatic heterocycles. The molecule has 8 nitrogen and oxygen atoms in total. The Balaban J connectivity index is 1.63. The predicted molar refractivity (Wildman–Crippen MR) is 166 cm³/mol. The van der Waals surface area contributed by atoms with E-state index in [1.54, 1.807) is 6.07 Å². The molecule has 0 spiro atoms. The van der Waals surface area contributed by atoms with Crippen molar-refractivity contribution >= 4 is 11.9 Å². The van der Waals surface area contributed by atoms with E-state index in [1.807, 2.05) is 12.1 Å². The van der Waals surface area contributed by atoms with Crippen molar-refractivity contribution in [2.75, 3.05) is 39.6 Å². The van der Waals surface area contributed by atoms with E-state index >= 15 is 0 Å². The predicted octanol–water partition coefficient (Wildman–Crippen LogP) is 6.15. The van der Waals surface area contributed by atoms with Crippen LogP contribution in [0.5, 0.6) is 11.5 Å². The Kier molecular flexibility index (Phi) is 14.3. The van der Waals surface area contributed by atoms with Crippen LogP contribution in [0.2, 0.25) is 0 Å². The Morgan fingerprint density at radius 3 is 1.86 bits per heavy atom. The smallest absolute Gasteiger partial charge is 0.335 e. The van der Waals surface area contributed by atoms with Crippen LogP contribution in [0.4, 0.5) is 0 Å². The second-order valence-electron chi connectivity index (χ2n) is 11.0. The lowest BCUT2D eigenvalue weighted by atomic mass is 9.77. The summed E-state index contributed by atoms with van der Waals surface area (Å²) in [6.45, 7) is 8.22. The number of hydrogen-bond donors (Lipinski definition) is 2. The third kappa shape index (κ3) is 10.9. The van der Waals surface area contributed by atoms with Crippen molar-refractivity contribution in [2.24, 2.45) is 5.92 Å². The van der Waals surface area contributed by atoms with E-state index in [2.05, 4.69) is 44.3 Å². The van der Waals surface area contributed by atoms with Gasteiger partial charge in [0.15, 0.2) is 11.5 Å². The van der Waals surface area contributed by atoms with Crippen LogP contribution in [-0.4, -0.2) is 61.8 Å². The molecular formula is C35H46O8. The molecule has 0 atom stereocenters. The Labute approximate surface area is 255 Å². The van der Waals surface area contributed by atoms with E-state index in [0.29, 0.717) is 17.4 Å². The van der Waals surface area contributed by atoms with Gasteiger partial charge in [-0.05, 0) is 66.3 Å². The van der Waals surface area contributed by atoms with Gasteiger partial charge in [0.1, 0.15) is 26.4 Å². The summed E-state index contributed by atoms with van der Waals surface area (Å²) in [5, 5.41) is 18.0. The molecule has 1 aliphatic rings. The highest BCUT2D eigenvalue weighted by atomic mass is 16.6. The molecule has 0 saturated heterocycles. The van der Waals surface area contributed by atoms with Gasteiger partial charge in [0, 0.05) is 0 Å². The lowest BCUT2D eigenvalue weighted by Gasteiger charge is -2.29. The maximum atomic E-state index is 11.8. The first kappa shape index (κ1) is 33.9. The van der Waals surface area contributed by atoms with Crippen molar-refractivity contribution < 1.29 is 38.7 Å². The van der Waals surface area contributed by atoms with Crippen molar-refractivity contribution in [3.8, 4) is 22.6 Å². The SMILES string of the molecule is C=C(CO)C(=O)OCCOc1ccc(-c2ccc(C3CCC(CCCCC)CC3)cc2)cc1OCCOC(=O)C(=C)CO. The Morgan fingerprint density at radius 1 is 0.744 bits per heavy atom. The van der Waals surface area contributed by atoms with Crippen LogP contribution >= 0.6 is 0 Å². The summed E-state index contributed by atoms with van der Waals surface area (Å²) in [5.41, 5.74) is 3.29. The number of rotatable bonds is 18. The first-order valence-electron chi connectivity index (χ1n) is 15.3. The summed E-state index contributed by atoms with van der Waals surface area (Å²) in [6.07, 6.45) is 10.5. The fourth-order valence-corrected chi connectivity index (χ4v) is 5.24. The zero-order chi connectivity index (χ0) is 31.0. The van der Waals surface area contributed by atoms with Gasteiger partial charge in [-0.3, -0.25) is 0 Å². The van der Waals surface area contributed by atoms with Crippen molar-refractivity contribution in [1.82, 2.24) is 0 Å². The van der Waals surface area contributed by atoms with Crippen LogP contribution in [-0.2, 0) is 19.1 Å². The van der Waals surface area contributed by atoms with Gasteiger partial charge in [-0.15, -0.1) is 0 Å². The summed E-state index contributed by atoms with van der Waals surface area (Å²) >= 11 is 0. The summed E-state index contributed by atoms with van der Waals surface area (Å²) < 4.78 is 21.9. The van der Waals surface area contributed by atoms with Gasteiger partial charge in [-0.25, -0.2) is 9.59 Å². The summed E-state index contributed by atoms with van der Waals surface area (Å²) in [4.78, 5) is 23.5. The minimum Gasteiger partial charge on any atom is -0.486 e. The Morgan fingerprint density at radius 2 is 1.30 bits per heavy atom. The number of carbonyl (C=O) groups excluding carboxylic acids is 2. The lowest BCUT2D eigenvalue weighted by Crippen LogP contribution is -2.16. The van der Waals surface area contributed by atoms with Gasteiger partial charge in [-0.1, -0.05) is 76.1 Å². The number of benzene rings is 2. The largest absolute Gasteiger partial charge is 0.486 e. The molecule has 0 heterocycles. The van der Waals surface area contributed by atoms with Gasteiger partial charge < -0.3 is 29.2 Å². The molecule has 8 heteroatoms. The van der Waals surface area contributed by atoms with E-state index in [1.165, 1.54) is 56.9 Å². The highest BCUT2D eigenvalue weighted by molar-refractivity contribution is 5.88. The molecule has 2 aromatic rings. The second-order valence-corrected chi connectivity index (χ2v) is 11.0. The van der Waals surface area contributed by atoms with Gasteiger partial charge >= 0.3 is 11.9 Å². The Bertz CT molecular complexity index is 1190. The van der Waals surface area contributed by atoms with Crippen LogP contribution in [0, 0.1) is 5.92 Å². The fourth-order valence-electron chi connectivity index (χ4n) is 5.24. The summed E-state index contributed by atoms with van der Waals surface area (Å²) in [6, 6.07) is 14.3. The molecule has 2 N–H and O–H groups in total. The molecule has 1 aliphatic carbocycles. The molecule has 2 aromatic carbocycles. The van der Waals surface area contributed by atoms with Gasteiger partial charge in [0.2, 0.25) is 0 Å². The third-order valence-electron chi connectivity index (χ3n) is 7.83.